The van der Waals surface area contributed by atoms with Crippen molar-refractivity contribution in [3.05, 3.63) is 65.7 Å². The van der Waals surface area contributed by atoms with Crippen LogP contribution >= 0.6 is 0 Å². The first-order chi connectivity index (χ1) is 17.7. The zero-order valence-corrected chi connectivity index (χ0v) is 22.3. The summed E-state index contributed by atoms with van der Waals surface area (Å²) >= 11 is 0. The monoisotopic (exact) mass is 507 g/mol. The maximum atomic E-state index is 13.8. The molecule has 0 aromatic heterocycles. The Morgan fingerprint density at radius 3 is 2.35 bits per heavy atom. The highest BCUT2D eigenvalue weighted by molar-refractivity contribution is 5.91. The molecule has 9 heteroatoms. The van der Waals surface area contributed by atoms with E-state index in [0.29, 0.717) is 13.0 Å². The van der Waals surface area contributed by atoms with Gasteiger partial charge in [-0.2, -0.15) is 0 Å². The lowest BCUT2D eigenvalue weighted by Crippen LogP contribution is -2.76. The first-order valence-corrected chi connectivity index (χ1v) is 12.8. The van der Waals surface area contributed by atoms with E-state index in [1.54, 1.807) is 29.1 Å². The maximum absolute atomic E-state index is 13.8. The lowest BCUT2D eigenvalue weighted by atomic mass is 9.95. The molecule has 4 rings (SSSR count). The minimum atomic E-state index is -0.622. The van der Waals surface area contributed by atoms with Crippen LogP contribution in [0.1, 0.15) is 44.4 Å². The second-order valence-corrected chi connectivity index (χ2v) is 10.2. The van der Waals surface area contributed by atoms with Crippen LogP contribution in [0, 0.1) is 5.92 Å². The van der Waals surface area contributed by atoms with Crippen molar-refractivity contribution in [3.63, 3.8) is 0 Å². The molecule has 2 aromatic rings. The van der Waals surface area contributed by atoms with E-state index < -0.39 is 12.2 Å². The average molecular weight is 508 g/mol. The summed E-state index contributed by atoms with van der Waals surface area (Å²) in [5.41, 5.74) is 1.94. The smallest absolute Gasteiger partial charge is 0.334 e. The third kappa shape index (κ3) is 5.56. The van der Waals surface area contributed by atoms with Crippen LogP contribution in [0.4, 0.5) is 4.79 Å². The number of hydrogen-bond acceptors (Lipinski definition) is 5. The number of ether oxygens (including phenoxy) is 1. The molecule has 2 fully saturated rings. The van der Waals surface area contributed by atoms with Gasteiger partial charge in [-0.15, -0.1) is 0 Å². The maximum Gasteiger partial charge on any atom is 0.334 e. The number of likely N-dealkylation sites (N-methyl/N-ethyl adjacent to an activating group) is 1. The molecule has 1 N–H and O–H groups in total. The fourth-order valence-electron chi connectivity index (χ4n) is 5.20. The molecule has 0 bridgehead atoms. The van der Waals surface area contributed by atoms with Crippen molar-refractivity contribution in [2.75, 3.05) is 27.2 Å². The second-order valence-electron chi connectivity index (χ2n) is 10.2. The summed E-state index contributed by atoms with van der Waals surface area (Å²) in [6.45, 7) is 6.67. The number of benzene rings is 2. The molecule has 4 amide bonds. The van der Waals surface area contributed by atoms with E-state index in [9.17, 15) is 14.4 Å². The molecule has 0 radical (unpaired) electrons. The quantitative estimate of drug-likeness (QED) is 0.622. The number of urea groups is 1. The van der Waals surface area contributed by atoms with Gasteiger partial charge in [-0.25, -0.2) is 14.8 Å². The Balaban J connectivity index is 1.61. The minimum Gasteiger partial charge on any atom is -0.497 e. The lowest BCUT2D eigenvalue weighted by molar-refractivity contribution is -0.190. The van der Waals surface area contributed by atoms with Crippen molar-refractivity contribution in [1.82, 2.24) is 25.1 Å². The van der Waals surface area contributed by atoms with Crippen LogP contribution in [-0.2, 0) is 16.1 Å². The van der Waals surface area contributed by atoms with Crippen LogP contribution in [0.15, 0.2) is 54.6 Å². The van der Waals surface area contributed by atoms with Crippen LogP contribution < -0.4 is 10.1 Å². The number of carbonyl (C=O) groups excluding carboxylic acids is 3. The summed E-state index contributed by atoms with van der Waals surface area (Å²) in [4.78, 5) is 44.1. The van der Waals surface area contributed by atoms with E-state index in [2.05, 4.69) is 5.32 Å². The van der Waals surface area contributed by atoms with Gasteiger partial charge in [0.2, 0.25) is 11.8 Å². The Morgan fingerprint density at radius 2 is 1.73 bits per heavy atom. The zero-order chi connectivity index (χ0) is 26.7. The molecule has 0 aliphatic carbocycles. The predicted molar refractivity (Wildman–Crippen MR) is 140 cm³/mol. The Morgan fingerprint density at radius 1 is 1.05 bits per heavy atom. The van der Waals surface area contributed by atoms with Crippen LogP contribution in [-0.4, -0.2) is 77.1 Å². The average Bonchev–Trinajstić information content (AvgIpc) is 2.88. The minimum absolute atomic E-state index is 0.0303. The van der Waals surface area contributed by atoms with E-state index in [-0.39, 0.29) is 42.9 Å². The molecule has 9 nitrogen and oxygen atoms in total. The van der Waals surface area contributed by atoms with Gasteiger partial charge in [-0.1, -0.05) is 56.3 Å². The van der Waals surface area contributed by atoms with Gasteiger partial charge in [-0.3, -0.25) is 9.59 Å². The van der Waals surface area contributed by atoms with E-state index >= 15 is 0 Å². The summed E-state index contributed by atoms with van der Waals surface area (Å²) in [5, 5.41) is 6.24. The highest BCUT2D eigenvalue weighted by Gasteiger charge is 2.51. The van der Waals surface area contributed by atoms with Gasteiger partial charge < -0.3 is 19.9 Å². The number of amides is 4. The largest absolute Gasteiger partial charge is 0.497 e. The number of piperazine rings is 1. The zero-order valence-electron chi connectivity index (χ0n) is 22.3. The number of hydrogen-bond donors (Lipinski definition) is 1. The summed E-state index contributed by atoms with van der Waals surface area (Å²) < 4.78 is 5.21. The Bertz CT molecular complexity index is 1110. The van der Waals surface area contributed by atoms with E-state index in [1.807, 2.05) is 80.3 Å². The van der Waals surface area contributed by atoms with E-state index in [1.165, 1.54) is 0 Å². The van der Waals surface area contributed by atoms with Crippen LogP contribution in [0.3, 0.4) is 0 Å². The standard InChI is InChI=1S/C28H37N5O4/c1-19(2)15-24-27(35)31(20(3)22-9-7-6-8-10-22)17-25-32(24)26(34)18-30(4)33(25)28(36)29-16-21-11-13-23(37-5)14-12-21/h6-14,19-20,24-25H,15-18H2,1-5H3,(H,29,36)/t20-,24+,25+/m1/s1. The molecule has 2 heterocycles. The summed E-state index contributed by atoms with van der Waals surface area (Å²) in [6.07, 6.45) is -0.0703. The number of methoxy groups -OCH3 is 1. The van der Waals surface area contributed by atoms with Crippen molar-refractivity contribution >= 4 is 17.8 Å². The van der Waals surface area contributed by atoms with E-state index in [4.69, 9.17) is 4.74 Å². The van der Waals surface area contributed by atoms with Gasteiger partial charge in [-0.05, 0) is 42.5 Å². The van der Waals surface area contributed by atoms with Crippen molar-refractivity contribution in [2.24, 2.45) is 5.92 Å². The lowest BCUT2D eigenvalue weighted by Gasteiger charge is -2.55. The molecule has 3 atom stereocenters. The third-order valence-electron chi connectivity index (χ3n) is 7.14. The Kier molecular flexibility index (Phi) is 8.02. The molecule has 198 valence electrons. The molecule has 2 aliphatic rings. The fourth-order valence-corrected chi connectivity index (χ4v) is 5.20. The van der Waals surface area contributed by atoms with Gasteiger partial charge in [0.25, 0.3) is 0 Å². The Hall–Kier alpha value is -3.59. The van der Waals surface area contributed by atoms with Crippen molar-refractivity contribution in [2.45, 2.75) is 52.0 Å². The molecule has 0 spiro atoms. The molecule has 2 saturated heterocycles. The number of carbonyl (C=O) groups is 3. The van der Waals surface area contributed by atoms with Crippen molar-refractivity contribution in [1.29, 1.82) is 0 Å². The topological polar surface area (TPSA) is 85.4 Å². The van der Waals surface area contributed by atoms with Crippen molar-refractivity contribution in [3.8, 4) is 5.75 Å². The number of nitrogens with zero attached hydrogens (tertiary/aromatic N) is 4. The molecular formula is C28H37N5O4. The van der Waals surface area contributed by atoms with Gasteiger partial charge in [0, 0.05) is 13.6 Å². The fraction of sp³-hybridized carbons (Fsp3) is 0.464. The van der Waals surface area contributed by atoms with Crippen LogP contribution in [0.2, 0.25) is 0 Å². The van der Waals surface area contributed by atoms with Gasteiger partial charge >= 0.3 is 6.03 Å². The molecule has 2 aliphatic heterocycles. The Labute approximate surface area is 218 Å². The van der Waals surface area contributed by atoms with Crippen molar-refractivity contribution < 1.29 is 19.1 Å². The number of nitrogens with one attached hydrogen (secondary N) is 1. The van der Waals surface area contributed by atoms with Gasteiger partial charge in [0.15, 0.2) is 0 Å². The van der Waals surface area contributed by atoms with Gasteiger partial charge in [0.05, 0.1) is 26.2 Å². The highest BCUT2D eigenvalue weighted by Crippen LogP contribution is 2.33. The molecular weight excluding hydrogens is 470 g/mol. The number of hydrazine groups is 1. The second kappa shape index (κ2) is 11.2. The first-order valence-electron chi connectivity index (χ1n) is 12.8. The summed E-state index contributed by atoms with van der Waals surface area (Å²) in [5.74, 6) is 0.734. The predicted octanol–water partition coefficient (Wildman–Crippen LogP) is 3.24. The van der Waals surface area contributed by atoms with Gasteiger partial charge in [0.1, 0.15) is 18.0 Å². The van der Waals surface area contributed by atoms with E-state index in [0.717, 1.165) is 16.9 Å². The number of fused-ring (bicyclic) bond motifs is 1. The third-order valence-corrected chi connectivity index (χ3v) is 7.14. The number of rotatable bonds is 7. The molecule has 0 saturated carbocycles. The molecule has 0 unspecified atom stereocenters. The SMILES string of the molecule is COc1ccc(CNC(=O)N2[C@H]3CN([C@H](C)c4ccccc4)C(=O)[C@H](CC(C)C)N3C(=O)CN2C)cc1. The van der Waals surface area contributed by atoms with Crippen LogP contribution in [0.5, 0.6) is 5.75 Å². The first kappa shape index (κ1) is 26.5. The van der Waals surface area contributed by atoms with Crippen LogP contribution in [0.25, 0.3) is 0 Å². The summed E-state index contributed by atoms with van der Waals surface area (Å²) in [6, 6.07) is 16.2. The molecule has 37 heavy (non-hydrogen) atoms. The summed E-state index contributed by atoms with van der Waals surface area (Å²) in [7, 11) is 3.35. The molecule has 2 aromatic carbocycles. The normalized spacial score (nSPS) is 21.2. The highest BCUT2D eigenvalue weighted by atomic mass is 16.5.